The summed E-state index contributed by atoms with van der Waals surface area (Å²) in [7, 11) is 0. The molecular formula is C10H17NO2. The largest absolute Gasteiger partial charge is 0.433 e. The SMILES string of the molecule is CC(C)C1=NOC2(CCCCC2)O1. The smallest absolute Gasteiger partial charge is 0.277 e. The zero-order valence-electron chi connectivity index (χ0n) is 8.38. The van der Waals surface area contributed by atoms with Crippen LogP contribution in [0.1, 0.15) is 46.0 Å². The molecule has 1 aliphatic heterocycles. The van der Waals surface area contributed by atoms with Crippen molar-refractivity contribution >= 4 is 5.90 Å². The normalized spacial score (nSPS) is 25.6. The molecule has 0 amide bonds. The van der Waals surface area contributed by atoms with Crippen LogP contribution in [0.2, 0.25) is 0 Å². The summed E-state index contributed by atoms with van der Waals surface area (Å²) < 4.78 is 5.78. The van der Waals surface area contributed by atoms with Gasteiger partial charge in [-0.15, -0.1) is 0 Å². The third-order valence-electron chi connectivity index (χ3n) is 2.70. The van der Waals surface area contributed by atoms with Crippen molar-refractivity contribution in [3.8, 4) is 0 Å². The monoisotopic (exact) mass is 183 g/mol. The van der Waals surface area contributed by atoms with E-state index in [4.69, 9.17) is 9.57 Å². The molecule has 2 aliphatic rings. The van der Waals surface area contributed by atoms with Crippen LogP contribution in [0, 0.1) is 5.92 Å². The molecule has 0 atom stereocenters. The summed E-state index contributed by atoms with van der Waals surface area (Å²) >= 11 is 0. The maximum Gasteiger partial charge on any atom is 0.277 e. The van der Waals surface area contributed by atoms with Crippen molar-refractivity contribution in [3.63, 3.8) is 0 Å². The molecule has 2 rings (SSSR count). The quantitative estimate of drug-likeness (QED) is 0.625. The zero-order chi connectivity index (χ0) is 9.31. The van der Waals surface area contributed by atoms with Gasteiger partial charge in [-0.25, -0.2) is 0 Å². The summed E-state index contributed by atoms with van der Waals surface area (Å²) in [4.78, 5) is 5.42. The lowest BCUT2D eigenvalue weighted by molar-refractivity contribution is -0.179. The summed E-state index contributed by atoms with van der Waals surface area (Å²) in [6, 6.07) is 0. The van der Waals surface area contributed by atoms with Gasteiger partial charge in [0, 0.05) is 18.8 Å². The standard InChI is InChI=1S/C10H17NO2/c1-8(2)9-11-13-10(12-9)6-4-3-5-7-10/h8H,3-7H2,1-2H3. The Labute approximate surface area is 79.1 Å². The molecule has 1 heterocycles. The van der Waals surface area contributed by atoms with Gasteiger partial charge in [0.25, 0.3) is 5.79 Å². The van der Waals surface area contributed by atoms with Crippen molar-refractivity contribution in [2.45, 2.75) is 51.7 Å². The minimum absolute atomic E-state index is 0.335. The molecule has 0 radical (unpaired) electrons. The van der Waals surface area contributed by atoms with Gasteiger partial charge in [-0.05, 0) is 18.0 Å². The maximum atomic E-state index is 5.78. The molecule has 0 N–H and O–H groups in total. The fourth-order valence-corrected chi connectivity index (χ4v) is 1.86. The second-order valence-electron chi connectivity index (χ2n) is 4.25. The molecule has 0 bridgehead atoms. The Kier molecular flexibility index (Phi) is 2.18. The lowest BCUT2D eigenvalue weighted by atomic mass is 9.94. The predicted octanol–water partition coefficient (Wildman–Crippen LogP) is 2.66. The Morgan fingerprint density at radius 1 is 1.23 bits per heavy atom. The van der Waals surface area contributed by atoms with E-state index in [9.17, 15) is 0 Å². The fourth-order valence-electron chi connectivity index (χ4n) is 1.86. The second-order valence-corrected chi connectivity index (χ2v) is 4.25. The highest BCUT2D eigenvalue weighted by molar-refractivity contribution is 5.78. The first kappa shape index (κ1) is 8.85. The fraction of sp³-hybridized carbons (Fsp3) is 0.900. The number of rotatable bonds is 1. The number of nitrogens with zero attached hydrogens (tertiary/aromatic N) is 1. The van der Waals surface area contributed by atoms with Gasteiger partial charge in [0.15, 0.2) is 0 Å². The van der Waals surface area contributed by atoms with Gasteiger partial charge >= 0.3 is 0 Å². The first-order chi connectivity index (χ1) is 6.22. The molecule has 0 saturated heterocycles. The van der Waals surface area contributed by atoms with E-state index < -0.39 is 0 Å². The highest BCUT2D eigenvalue weighted by Gasteiger charge is 2.42. The molecule has 0 aromatic rings. The van der Waals surface area contributed by atoms with Crippen LogP contribution in [0.15, 0.2) is 5.16 Å². The Hall–Kier alpha value is -0.730. The molecule has 74 valence electrons. The lowest BCUT2D eigenvalue weighted by Gasteiger charge is -2.29. The minimum atomic E-state index is -0.377. The number of oxime groups is 1. The predicted molar refractivity (Wildman–Crippen MR) is 50.3 cm³/mol. The Morgan fingerprint density at radius 3 is 2.46 bits per heavy atom. The van der Waals surface area contributed by atoms with Crippen LogP contribution in [0.4, 0.5) is 0 Å². The third-order valence-corrected chi connectivity index (χ3v) is 2.70. The first-order valence-corrected chi connectivity index (χ1v) is 5.17. The number of ether oxygens (including phenoxy) is 1. The Balaban J connectivity index is 1.99. The van der Waals surface area contributed by atoms with Gasteiger partial charge in [0.05, 0.1) is 0 Å². The van der Waals surface area contributed by atoms with Crippen molar-refractivity contribution in [2.75, 3.05) is 0 Å². The maximum absolute atomic E-state index is 5.78. The van der Waals surface area contributed by atoms with E-state index in [1.807, 2.05) is 0 Å². The van der Waals surface area contributed by atoms with Gasteiger partial charge in [-0.1, -0.05) is 20.3 Å². The van der Waals surface area contributed by atoms with Gasteiger partial charge < -0.3 is 9.57 Å². The van der Waals surface area contributed by atoms with Crippen LogP contribution in [0.25, 0.3) is 0 Å². The lowest BCUT2D eigenvalue weighted by Crippen LogP contribution is -2.34. The molecule has 0 aromatic carbocycles. The highest BCUT2D eigenvalue weighted by Crippen LogP contribution is 2.37. The molecule has 0 unspecified atom stereocenters. The molecule has 1 aliphatic carbocycles. The summed E-state index contributed by atoms with van der Waals surface area (Å²) in [5.41, 5.74) is 0. The van der Waals surface area contributed by atoms with Crippen molar-refractivity contribution in [1.29, 1.82) is 0 Å². The molecular weight excluding hydrogens is 166 g/mol. The van der Waals surface area contributed by atoms with E-state index in [0.717, 1.165) is 18.7 Å². The van der Waals surface area contributed by atoms with Crippen LogP contribution >= 0.6 is 0 Å². The van der Waals surface area contributed by atoms with Crippen LogP contribution < -0.4 is 0 Å². The zero-order valence-corrected chi connectivity index (χ0v) is 8.38. The van der Waals surface area contributed by atoms with E-state index in [-0.39, 0.29) is 5.79 Å². The van der Waals surface area contributed by atoms with Crippen LogP contribution in [0.3, 0.4) is 0 Å². The van der Waals surface area contributed by atoms with Gasteiger partial charge in [-0.3, -0.25) is 0 Å². The van der Waals surface area contributed by atoms with E-state index in [2.05, 4.69) is 19.0 Å². The van der Waals surface area contributed by atoms with E-state index >= 15 is 0 Å². The molecule has 1 fully saturated rings. The van der Waals surface area contributed by atoms with Gasteiger partial charge in [-0.2, -0.15) is 0 Å². The summed E-state index contributed by atoms with van der Waals surface area (Å²) in [6.45, 7) is 4.15. The topological polar surface area (TPSA) is 30.8 Å². The third kappa shape index (κ3) is 1.64. The van der Waals surface area contributed by atoms with E-state index in [1.165, 1.54) is 19.3 Å². The summed E-state index contributed by atoms with van der Waals surface area (Å²) in [5.74, 6) is 0.723. The van der Waals surface area contributed by atoms with E-state index in [1.54, 1.807) is 0 Å². The average molecular weight is 183 g/mol. The number of hydrogen-bond acceptors (Lipinski definition) is 3. The van der Waals surface area contributed by atoms with Crippen LogP contribution in [-0.4, -0.2) is 11.7 Å². The average Bonchev–Trinajstić information content (AvgIpc) is 2.51. The number of hydrogen-bond donors (Lipinski definition) is 0. The van der Waals surface area contributed by atoms with Gasteiger partial charge in [0.1, 0.15) is 0 Å². The minimum Gasteiger partial charge on any atom is -0.433 e. The first-order valence-electron chi connectivity index (χ1n) is 5.17. The molecule has 1 spiro atoms. The molecule has 1 saturated carbocycles. The van der Waals surface area contributed by atoms with E-state index in [0.29, 0.717) is 5.92 Å². The van der Waals surface area contributed by atoms with Crippen LogP contribution in [0.5, 0.6) is 0 Å². The van der Waals surface area contributed by atoms with Crippen LogP contribution in [-0.2, 0) is 9.57 Å². The van der Waals surface area contributed by atoms with Crippen molar-refractivity contribution in [1.82, 2.24) is 0 Å². The summed E-state index contributed by atoms with van der Waals surface area (Å²) in [6.07, 6.45) is 5.67. The Bertz CT molecular complexity index is 217. The molecule has 13 heavy (non-hydrogen) atoms. The van der Waals surface area contributed by atoms with Crippen molar-refractivity contribution in [2.24, 2.45) is 11.1 Å². The van der Waals surface area contributed by atoms with Crippen molar-refractivity contribution < 1.29 is 9.57 Å². The molecule has 0 aromatic heterocycles. The molecule has 3 nitrogen and oxygen atoms in total. The highest BCUT2D eigenvalue weighted by atomic mass is 16.8. The van der Waals surface area contributed by atoms with Gasteiger partial charge in [0.2, 0.25) is 5.90 Å². The second kappa shape index (κ2) is 3.20. The van der Waals surface area contributed by atoms with Crippen molar-refractivity contribution in [3.05, 3.63) is 0 Å². The molecule has 3 heteroatoms. The Morgan fingerprint density at radius 2 is 1.92 bits per heavy atom. The summed E-state index contributed by atoms with van der Waals surface area (Å²) in [5, 5.41) is 4.01.